The lowest BCUT2D eigenvalue weighted by Crippen LogP contribution is -2.49. The summed E-state index contributed by atoms with van der Waals surface area (Å²) in [5.74, 6) is -0.206. The summed E-state index contributed by atoms with van der Waals surface area (Å²) in [6.45, 7) is 0.851. The normalized spacial score (nSPS) is 20.6. The Morgan fingerprint density at radius 3 is 2.60 bits per heavy atom. The molecule has 2 rings (SSSR count). The maximum Gasteiger partial charge on any atom is 0.251 e. The van der Waals surface area contributed by atoms with Crippen molar-refractivity contribution in [3.63, 3.8) is 0 Å². The van der Waals surface area contributed by atoms with Crippen molar-refractivity contribution < 1.29 is 13.2 Å². The van der Waals surface area contributed by atoms with Crippen LogP contribution in [0.1, 0.15) is 23.2 Å². The van der Waals surface area contributed by atoms with Gasteiger partial charge in [-0.3, -0.25) is 4.79 Å². The Morgan fingerprint density at radius 2 is 2.00 bits per heavy atom. The van der Waals surface area contributed by atoms with Gasteiger partial charge in [0.25, 0.3) is 5.91 Å². The van der Waals surface area contributed by atoms with Crippen LogP contribution in [0.2, 0.25) is 5.02 Å². The van der Waals surface area contributed by atoms with E-state index in [1.54, 1.807) is 24.3 Å². The third-order valence-corrected chi connectivity index (χ3v) is 4.82. The third kappa shape index (κ3) is 3.94. The summed E-state index contributed by atoms with van der Waals surface area (Å²) < 4.78 is 24.5. The Kier molecular flexibility index (Phi) is 4.67. The number of piperidine rings is 1. The van der Waals surface area contributed by atoms with Crippen LogP contribution in [0.3, 0.4) is 0 Å². The molecule has 1 N–H and O–H groups in total. The second-order valence-corrected chi connectivity index (χ2v) is 7.36. The number of carbonyl (C=O) groups is 1. The average Bonchev–Trinajstić information content (AvgIpc) is 2.38. The van der Waals surface area contributed by atoms with Crippen LogP contribution in [0.15, 0.2) is 24.3 Å². The van der Waals surface area contributed by atoms with Gasteiger partial charge in [0.15, 0.2) is 0 Å². The molecule has 1 saturated heterocycles. The predicted molar refractivity (Wildman–Crippen MR) is 78.4 cm³/mol. The molecule has 0 radical (unpaired) electrons. The molecule has 1 unspecified atom stereocenters. The molecule has 1 amide bonds. The molecular formula is C13H17ClN2O3S. The van der Waals surface area contributed by atoms with Crippen molar-refractivity contribution in [1.29, 1.82) is 0 Å². The van der Waals surface area contributed by atoms with Crippen molar-refractivity contribution in [2.45, 2.75) is 18.9 Å². The van der Waals surface area contributed by atoms with Gasteiger partial charge >= 0.3 is 0 Å². The molecule has 1 aromatic carbocycles. The largest absolute Gasteiger partial charge is 0.348 e. The Balaban J connectivity index is 1.99. The number of amides is 1. The Labute approximate surface area is 124 Å². The topological polar surface area (TPSA) is 66.5 Å². The minimum atomic E-state index is -3.20. The number of carbonyl (C=O) groups excluding carboxylic acids is 1. The number of benzene rings is 1. The minimum absolute atomic E-state index is 0.151. The summed E-state index contributed by atoms with van der Waals surface area (Å²) in [4.78, 5) is 12.1. The van der Waals surface area contributed by atoms with Crippen molar-refractivity contribution in [2.24, 2.45) is 0 Å². The van der Waals surface area contributed by atoms with Gasteiger partial charge in [0.05, 0.1) is 6.26 Å². The molecule has 0 aliphatic carbocycles. The second kappa shape index (κ2) is 6.11. The zero-order valence-electron chi connectivity index (χ0n) is 11.2. The van der Waals surface area contributed by atoms with Gasteiger partial charge < -0.3 is 5.32 Å². The van der Waals surface area contributed by atoms with Crippen LogP contribution in [0.4, 0.5) is 0 Å². The van der Waals surface area contributed by atoms with E-state index in [2.05, 4.69) is 5.32 Å². The summed E-state index contributed by atoms with van der Waals surface area (Å²) in [6, 6.07) is 6.45. The summed E-state index contributed by atoms with van der Waals surface area (Å²) >= 11 is 5.77. The van der Waals surface area contributed by atoms with Gasteiger partial charge in [-0.05, 0) is 37.1 Å². The van der Waals surface area contributed by atoms with Gasteiger partial charge in [0.2, 0.25) is 10.0 Å². The van der Waals surface area contributed by atoms with Crippen LogP contribution < -0.4 is 5.32 Å². The molecule has 1 fully saturated rings. The van der Waals surface area contributed by atoms with Crippen LogP contribution in [-0.4, -0.2) is 44.0 Å². The first-order valence-corrected chi connectivity index (χ1v) is 8.60. The Morgan fingerprint density at radius 1 is 1.35 bits per heavy atom. The molecule has 1 heterocycles. The SMILES string of the molecule is CS(=O)(=O)N1CCCC(NC(=O)c2ccc(Cl)cc2)C1. The zero-order valence-corrected chi connectivity index (χ0v) is 12.7. The lowest BCUT2D eigenvalue weighted by Gasteiger charge is -2.31. The van der Waals surface area contributed by atoms with E-state index in [-0.39, 0.29) is 11.9 Å². The van der Waals surface area contributed by atoms with E-state index in [0.29, 0.717) is 23.7 Å². The van der Waals surface area contributed by atoms with Crippen LogP contribution in [0.25, 0.3) is 0 Å². The highest BCUT2D eigenvalue weighted by Gasteiger charge is 2.26. The Bertz CT molecular complexity index is 586. The summed E-state index contributed by atoms with van der Waals surface area (Å²) in [5.41, 5.74) is 0.519. The van der Waals surface area contributed by atoms with E-state index >= 15 is 0 Å². The smallest absolute Gasteiger partial charge is 0.251 e. The quantitative estimate of drug-likeness (QED) is 0.919. The fourth-order valence-corrected chi connectivity index (χ4v) is 3.27. The number of nitrogens with one attached hydrogen (secondary N) is 1. The van der Waals surface area contributed by atoms with E-state index in [1.807, 2.05) is 0 Å². The van der Waals surface area contributed by atoms with Gasteiger partial charge in [0, 0.05) is 29.7 Å². The van der Waals surface area contributed by atoms with Crippen LogP contribution >= 0.6 is 11.6 Å². The highest BCUT2D eigenvalue weighted by atomic mass is 35.5. The van der Waals surface area contributed by atoms with Crippen molar-refractivity contribution in [3.05, 3.63) is 34.9 Å². The summed E-state index contributed by atoms with van der Waals surface area (Å²) in [7, 11) is -3.20. The van der Waals surface area contributed by atoms with E-state index < -0.39 is 10.0 Å². The summed E-state index contributed by atoms with van der Waals surface area (Å²) in [5, 5.41) is 3.44. The third-order valence-electron chi connectivity index (χ3n) is 3.29. The number of halogens is 1. The molecule has 0 bridgehead atoms. The first-order chi connectivity index (χ1) is 9.36. The molecule has 110 valence electrons. The molecule has 0 saturated carbocycles. The second-order valence-electron chi connectivity index (χ2n) is 4.94. The molecular weight excluding hydrogens is 300 g/mol. The van der Waals surface area contributed by atoms with Gasteiger partial charge in [-0.25, -0.2) is 12.7 Å². The van der Waals surface area contributed by atoms with Crippen LogP contribution in [0, 0.1) is 0 Å². The molecule has 1 atom stereocenters. The van der Waals surface area contributed by atoms with E-state index in [9.17, 15) is 13.2 Å². The number of hydrogen-bond donors (Lipinski definition) is 1. The minimum Gasteiger partial charge on any atom is -0.348 e. The molecule has 5 nitrogen and oxygen atoms in total. The van der Waals surface area contributed by atoms with E-state index in [4.69, 9.17) is 11.6 Å². The van der Waals surface area contributed by atoms with Gasteiger partial charge in [-0.1, -0.05) is 11.6 Å². The lowest BCUT2D eigenvalue weighted by atomic mass is 10.1. The number of hydrogen-bond acceptors (Lipinski definition) is 3. The molecule has 0 spiro atoms. The summed E-state index contributed by atoms with van der Waals surface area (Å²) in [6.07, 6.45) is 2.72. The highest BCUT2D eigenvalue weighted by molar-refractivity contribution is 7.88. The molecule has 1 aliphatic heterocycles. The molecule has 20 heavy (non-hydrogen) atoms. The first kappa shape index (κ1) is 15.3. The fraction of sp³-hybridized carbons (Fsp3) is 0.462. The van der Waals surface area contributed by atoms with Crippen molar-refractivity contribution in [1.82, 2.24) is 9.62 Å². The monoisotopic (exact) mass is 316 g/mol. The maximum atomic E-state index is 12.1. The molecule has 1 aliphatic rings. The maximum absolute atomic E-state index is 12.1. The van der Waals surface area contributed by atoms with Gasteiger partial charge in [-0.2, -0.15) is 0 Å². The average molecular weight is 317 g/mol. The van der Waals surface area contributed by atoms with Gasteiger partial charge in [0.1, 0.15) is 0 Å². The number of nitrogens with zero attached hydrogens (tertiary/aromatic N) is 1. The van der Waals surface area contributed by atoms with E-state index in [0.717, 1.165) is 12.8 Å². The molecule has 7 heteroatoms. The molecule has 0 aromatic heterocycles. The van der Waals surface area contributed by atoms with Crippen molar-refractivity contribution in [3.8, 4) is 0 Å². The zero-order chi connectivity index (χ0) is 14.8. The standard InChI is InChI=1S/C13H17ClN2O3S/c1-20(18,19)16-8-2-3-12(9-16)15-13(17)10-4-6-11(14)7-5-10/h4-7,12H,2-3,8-9H2,1H3,(H,15,17). The molecule has 1 aromatic rings. The number of sulfonamides is 1. The number of rotatable bonds is 3. The van der Waals surface area contributed by atoms with Crippen LogP contribution in [0.5, 0.6) is 0 Å². The van der Waals surface area contributed by atoms with E-state index in [1.165, 1.54) is 10.6 Å². The lowest BCUT2D eigenvalue weighted by molar-refractivity contribution is 0.0921. The first-order valence-electron chi connectivity index (χ1n) is 6.38. The highest BCUT2D eigenvalue weighted by Crippen LogP contribution is 2.14. The Hall–Kier alpha value is -1.11. The predicted octanol–water partition coefficient (Wildman–Crippen LogP) is 1.49. The van der Waals surface area contributed by atoms with Crippen molar-refractivity contribution >= 4 is 27.5 Å². The fourth-order valence-electron chi connectivity index (χ4n) is 2.23. The van der Waals surface area contributed by atoms with Crippen LogP contribution in [-0.2, 0) is 10.0 Å². The van der Waals surface area contributed by atoms with Crippen molar-refractivity contribution in [2.75, 3.05) is 19.3 Å². The van der Waals surface area contributed by atoms with Gasteiger partial charge in [-0.15, -0.1) is 0 Å².